The first-order valence-corrected chi connectivity index (χ1v) is 6.65. The van der Waals surface area contributed by atoms with Crippen LogP contribution >= 0.6 is 23.2 Å². The molecule has 0 aliphatic heterocycles. The highest BCUT2D eigenvalue weighted by Crippen LogP contribution is 2.27. The van der Waals surface area contributed by atoms with E-state index in [4.69, 9.17) is 27.7 Å². The van der Waals surface area contributed by atoms with E-state index in [0.29, 0.717) is 11.6 Å². The first kappa shape index (κ1) is 12.5. The van der Waals surface area contributed by atoms with Crippen molar-refractivity contribution in [3.8, 4) is 0 Å². The van der Waals surface area contributed by atoms with Crippen molar-refractivity contribution in [2.24, 2.45) is 0 Å². The van der Waals surface area contributed by atoms with Crippen LogP contribution in [0.1, 0.15) is 23.8 Å². The van der Waals surface area contributed by atoms with E-state index < -0.39 is 0 Å². The second-order valence-corrected chi connectivity index (χ2v) is 5.39. The lowest BCUT2D eigenvalue weighted by molar-refractivity contribution is 0.409. The highest BCUT2D eigenvalue weighted by atomic mass is 35.5. The van der Waals surface area contributed by atoms with Crippen molar-refractivity contribution in [3.63, 3.8) is 0 Å². The summed E-state index contributed by atoms with van der Waals surface area (Å²) in [5.74, 6) is 0.793. The Morgan fingerprint density at radius 3 is 2.89 bits per heavy atom. The topological polar surface area (TPSA) is 43.9 Å². The molecule has 3 aromatic rings. The fraction of sp³-hybridized carbons (Fsp3) is 0.231. The van der Waals surface area contributed by atoms with E-state index in [1.165, 1.54) is 0 Å². The maximum atomic E-state index is 6.20. The van der Waals surface area contributed by atoms with Gasteiger partial charge < -0.3 is 9.09 Å². The molecule has 0 amide bonds. The van der Waals surface area contributed by atoms with Crippen molar-refractivity contribution < 1.29 is 4.52 Å². The zero-order valence-corrected chi connectivity index (χ0v) is 11.7. The third kappa shape index (κ3) is 2.33. The zero-order chi connectivity index (χ0) is 13.4. The number of benzene rings is 1. The molecule has 0 radical (unpaired) electrons. The minimum absolute atomic E-state index is 0.196. The van der Waals surface area contributed by atoms with Crippen molar-refractivity contribution in [3.05, 3.63) is 47.1 Å². The lowest BCUT2D eigenvalue weighted by atomic mass is 10.3. The number of aromatic nitrogens is 3. The van der Waals surface area contributed by atoms with Crippen LogP contribution in [0.4, 0.5) is 0 Å². The molecule has 3 rings (SSSR count). The molecule has 2 aromatic heterocycles. The number of fused-ring (bicyclic) bond motifs is 1. The van der Waals surface area contributed by atoms with Gasteiger partial charge in [0.1, 0.15) is 17.8 Å². The second kappa shape index (κ2) is 4.87. The van der Waals surface area contributed by atoms with Crippen molar-refractivity contribution in [2.75, 3.05) is 0 Å². The summed E-state index contributed by atoms with van der Waals surface area (Å²) in [5, 5.41) is 4.39. The number of halogens is 2. The van der Waals surface area contributed by atoms with E-state index in [-0.39, 0.29) is 5.38 Å². The summed E-state index contributed by atoms with van der Waals surface area (Å²) in [5.41, 5.74) is 2.64. The molecule has 6 heteroatoms. The Kier molecular flexibility index (Phi) is 3.21. The fourth-order valence-corrected chi connectivity index (χ4v) is 2.41. The molecule has 0 spiro atoms. The summed E-state index contributed by atoms with van der Waals surface area (Å²) in [6.45, 7) is 2.46. The predicted octanol–water partition coefficient (Wildman–Crippen LogP) is 4.03. The highest BCUT2D eigenvalue weighted by molar-refractivity contribution is 6.31. The molecule has 1 aromatic carbocycles. The maximum Gasteiger partial charge on any atom is 0.128 e. The molecule has 1 atom stereocenters. The largest absolute Gasteiger partial charge is 0.364 e. The Balaban J connectivity index is 2.16. The van der Waals surface area contributed by atoms with Crippen LogP contribution in [0.25, 0.3) is 11.0 Å². The first-order chi connectivity index (χ1) is 9.15. The Labute approximate surface area is 119 Å². The first-order valence-electron chi connectivity index (χ1n) is 5.84. The lowest BCUT2D eigenvalue weighted by Gasteiger charge is -2.08. The van der Waals surface area contributed by atoms with Crippen LogP contribution in [0.15, 0.2) is 35.1 Å². The lowest BCUT2D eigenvalue weighted by Crippen LogP contribution is -2.05. The zero-order valence-electron chi connectivity index (χ0n) is 10.2. The van der Waals surface area contributed by atoms with E-state index in [0.717, 1.165) is 22.6 Å². The molecular weight excluding hydrogens is 285 g/mol. The van der Waals surface area contributed by atoms with Gasteiger partial charge >= 0.3 is 0 Å². The Hall–Kier alpha value is -1.52. The van der Waals surface area contributed by atoms with Gasteiger partial charge in [-0.25, -0.2) is 4.98 Å². The Morgan fingerprint density at radius 1 is 1.37 bits per heavy atom. The number of imidazole rings is 1. The third-order valence-electron chi connectivity index (χ3n) is 2.91. The third-order valence-corrected chi connectivity index (χ3v) is 3.34. The standard InChI is InChI=1S/C13H11Cl2N3O/c1-8(14)13-16-11-6-9(15)2-3-12(11)18(13)7-10-4-5-19-17-10/h2-6,8H,7H2,1H3. The molecule has 0 saturated heterocycles. The van der Waals surface area contributed by atoms with Gasteiger partial charge in [0.25, 0.3) is 0 Å². The minimum Gasteiger partial charge on any atom is -0.364 e. The van der Waals surface area contributed by atoms with Crippen LogP contribution in [0.2, 0.25) is 5.02 Å². The molecule has 0 aliphatic carbocycles. The molecule has 98 valence electrons. The summed E-state index contributed by atoms with van der Waals surface area (Å²) >= 11 is 12.2. The average Bonchev–Trinajstić information content (AvgIpc) is 2.97. The van der Waals surface area contributed by atoms with Crippen LogP contribution in [-0.2, 0) is 6.54 Å². The van der Waals surface area contributed by atoms with E-state index in [2.05, 4.69) is 10.1 Å². The monoisotopic (exact) mass is 295 g/mol. The van der Waals surface area contributed by atoms with E-state index in [1.54, 1.807) is 6.26 Å². The van der Waals surface area contributed by atoms with Crippen LogP contribution in [0.5, 0.6) is 0 Å². The molecule has 1 unspecified atom stereocenters. The van der Waals surface area contributed by atoms with Gasteiger partial charge in [0.05, 0.1) is 23.0 Å². The molecule has 0 aliphatic rings. The van der Waals surface area contributed by atoms with Crippen LogP contribution in [0.3, 0.4) is 0 Å². The van der Waals surface area contributed by atoms with Gasteiger partial charge in [-0.3, -0.25) is 0 Å². The van der Waals surface area contributed by atoms with Crippen LogP contribution < -0.4 is 0 Å². The molecule has 4 nitrogen and oxygen atoms in total. The van der Waals surface area contributed by atoms with Crippen molar-refractivity contribution >= 4 is 34.2 Å². The summed E-state index contributed by atoms with van der Waals surface area (Å²) in [6.07, 6.45) is 1.55. The van der Waals surface area contributed by atoms with Crippen molar-refractivity contribution in [1.82, 2.24) is 14.7 Å². The molecule has 2 heterocycles. The molecule has 19 heavy (non-hydrogen) atoms. The van der Waals surface area contributed by atoms with Gasteiger partial charge in [-0.1, -0.05) is 16.8 Å². The normalized spacial score (nSPS) is 13.0. The van der Waals surface area contributed by atoms with Crippen LogP contribution in [-0.4, -0.2) is 14.7 Å². The average molecular weight is 296 g/mol. The van der Waals surface area contributed by atoms with Crippen molar-refractivity contribution in [2.45, 2.75) is 18.8 Å². The Bertz CT molecular complexity index is 704. The number of hydrogen-bond donors (Lipinski definition) is 0. The Morgan fingerprint density at radius 2 is 2.21 bits per heavy atom. The number of rotatable bonds is 3. The van der Waals surface area contributed by atoms with Crippen LogP contribution in [0, 0.1) is 0 Å². The molecule has 0 bridgehead atoms. The number of alkyl halides is 1. The van der Waals surface area contributed by atoms with E-state index in [1.807, 2.05) is 35.8 Å². The fourth-order valence-electron chi connectivity index (χ4n) is 2.07. The summed E-state index contributed by atoms with van der Waals surface area (Å²) in [6, 6.07) is 7.43. The van der Waals surface area contributed by atoms with Crippen molar-refractivity contribution in [1.29, 1.82) is 0 Å². The number of nitrogens with zero attached hydrogens (tertiary/aromatic N) is 3. The summed E-state index contributed by atoms with van der Waals surface area (Å²) < 4.78 is 6.89. The SMILES string of the molecule is CC(Cl)c1nc2cc(Cl)ccc2n1Cc1ccon1. The quantitative estimate of drug-likeness (QED) is 0.685. The second-order valence-electron chi connectivity index (χ2n) is 4.30. The molecule has 0 N–H and O–H groups in total. The molecule has 0 fully saturated rings. The smallest absolute Gasteiger partial charge is 0.128 e. The summed E-state index contributed by atoms with van der Waals surface area (Å²) in [4.78, 5) is 4.54. The maximum absolute atomic E-state index is 6.20. The van der Waals surface area contributed by atoms with Gasteiger partial charge in [-0.2, -0.15) is 0 Å². The van der Waals surface area contributed by atoms with E-state index >= 15 is 0 Å². The van der Waals surface area contributed by atoms with Gasteiger partial charge in [-0.15, -0.1) is 11.6 Å². The highest BCUT2D eigenvalue weighted by Gasteiger charge is 2.16. The minimum atomic E-state index is -0.196. The van der Waals surface area contributed by atoms with Gasteiger partial charge in [0.2, 0.25) is 0 Å². The molecule has 0 saturated carbocycles. The molecular formula is C13H11Cl2N3O. The van der Waals surface area contributed by atoms with Gasteiger partial charge in [0, 0.05) is 11.1 Å². The number of hydrogen-bond acceptors (Lipinski definition) is 3. The predicted molar refractivity (Wildman–Crippen MR) is 74.6 cm³/mol. The van der Waals surface area contributed by atoms with Gasteiger partial charge in [-0.05, 0) is 25.1 Å². The van der Waals surface area contributed by atoms with Gasteiger partial charge in [0.15, 0.2) is 0 Å². The van der Waals surface area contributed by atoms with E-state index in [9.17, 15) is 0 Å². The summed E-state index contributed by atoms with van der Waals surface area (Å²) in [7, 11) is 0.